The summed E-state index contributed by atoms with van der Waals surface area (Å²) in [6.45, 7) is 3.82. The minimum absolute atomic E-state index is 0.0200. The number of carbonyl (C=O) groups is 1. The fraction of sp³-hybridized carbons (Fsp3) is 0.583. The molecule has 1 heterocycles. The fourth-order valence-electron chi connectivity index (χ4n) is 1.68. The van der Waals surface area contributed by atoms with Crippen LogP contribution < -0.4 is 4.74 Å². The molecule has 0 radical (unpaired) electrons. The van der Waals surface area contributed by atoms with Gasteiger partial charge in [-0.3, -0.25) is 4.79 Å². The summed E-state index contributed by atoms with van der Waals surface area (Å²) in [6, 6.07) is 0.344. The Bertz CT molecular complexity index is 428. The summed E-state index contributed by atoms with van der Waals surface area (Å²) in [7, 11) is 0. The van der Waals surface area contributed by atoms with E-state index in [4.69, 9.17) is 9.84 Å². The van der Waals surface area contributed by atoms with Crippen molar-refractivity contribution in [3.63, 3.8) is 0 Å². The number of aliphatic carboxylic acids is 1. The van der Waals surface area contributed by atoms with Gasteiger partial charge in [-0.05, 0) is 26.7 Å². The molecule has 1 aromatic rings. The van der Waals surface area contributed by atoms with Crippen LogP contribution in [0.1, 0.15) is 43.9 Å². The zero-order chi connectivity index (χ0) is 12.4. The first-order valence-electron chi connectivity index (χ1n) is 5.80. The second kappa shape index (κ2) is 4.69. The smallest absolute Gasteiger partial charge is 0.316 e. The summed E-state index contributed by atoms with van der Waals surface area (Å²) in [5.41, 5.74) is 1.55. The predicted octanol–water partition coefficient (Wildman–Crippen LogP) is 1.77. The average Bonchev–Trinajstić information content (AvgIpc) is 3.02. The highest BCUT2D eigenvalue weighted by molar-refractivity contribution is 5.70. The number of carboxylic acids is 1. The van der Waals surface area contributed by atoms with Crippen LogP contribution in [0.15, 0.2) is 6.20 Å². The number of carboxylic acid groups (broad SMARTS) is 1. The number of hydrogen-bond acceptors (Lipinski definition) is 4. The van der Waals surface area contributed by atoms with Gasteiger partial charge in [-0.25, -0.2) is 4.98 Å². The molecule has 1 saturated carbocycles. The zero-order valence-corrected chi connectivity index (χ0v) is 10.0. The first-order chi connectivity index (χ1) is 8.06. The number of rotatable bonds is 5. The molecule has 1 aromatic heterocycles. The fourth-order valence-corrected chi connectivity index (χ4v) is 1.68. The summed E-state index contributed by atoms with van der Waals surface area (Å²) in [4.78, 5) is 19.1. The standard InChI is InChI=1S/C12H16N2O3/c1-7(2)17-12-13-6-9(5-10(15)16)11(14-12)8-3-4-8/h6-8H,3-5H2,1-2H3,(H,15,16). The highest BCUT2D eigenvalue weighted by Crippen LogP contribution is 2.41. The van der Waals surface area contributed by atoms with Crippen molar-refractivity contribution in [2.24, 2.45) is 0 Å². The van der Waals surface area contributed by atoms with E-state index in [0.717, 1.165) is 18.5 Å². The first-order valence-corrected chi connectivity index (χ1v) is 5.80. The van der Waals surface area contributed by atoms with Crippen molar-refractivity contribution in [3.8, 4) is 6.01 Å². The van der Waals surface area contributed by atoms with E-state index in [9.17, 15) is 4.79 Å². The summed E-state index contributed by atoms with van der Waals surface area (Å²) in [6.07, 6.45) is 3.72. The molecule has 1 N–H and O–H groups in total. The van der Waals surface area contributed by atoms with Gasteiger partial charge in [-0.2, -0.15) is 4.98 Å². The van der Waals surface area contributed by atoms with E-state index >= 15 is 0 Å². The zero-order valence-electron chi connectivity index (χ0n) is 10.0. The van der Waals surface area contributed by atoms with E-state index in [0.29, 0.717) is 17.5 Å². The van der Waals surface area contributed by atoms with Crippen molar-refractivity contribution in [3.05, 3.63) is 17.5 Å². The van der Waals surface area contributed by atoms with Crippen LogP contribution in [0.25, 0.3) is 0 Å². The average molecular weight is 236 g/mol. The number of ether oxygens (including phenoxy) is 1. The highest BCUT2D eigenvalue weighted by atomic mass is 16.5. The van der Waals surface area contributed by atoms with Crippen molar-refractivity contribution in [2.75, 3.05) is 0 Å². The summed E-state index contributed by atoms with van der Waals surface area (Å²) < 4.78 is 5.42. The topological polar surface area (TPSA) is 72.3 Å². The molecule has 5 heteroatoms. The van der Waals surface area contributed by atoms with Crippen molar-refractivity contribution in [1.82, 2.24) is 9.97 Å². The SMILES string of the molecule is CC(C)Oc1ncc(CC(=O)O)c(C2CC2)n1. The maximum Gasteiger partial charge on any atom is 0.316 e. The minimum atomic E-state index is -0.854. The van der Waals surface area contributed by atoms with E-state index in [-0.39, 0.29) is 12.5 Å². The van der Waals surface area contributed by atoms with Crippen LogP contribution >= 0.6 is 0 Å². The summed E-state index contributed by atoms with van der Waals surface area (Å²) in [5.74, 6) is -0.463. The Morgan fingerprint density at radius 1 is 1.59 bits per heavy atom. The number of hydrogen-bond donors (Lipinski definition) is 1. The van der Waals surface area contributed by atoms with Gasteiger partial charge in [0, 0.05) is 17.7 Å². The van der Waals surface area contributed by atoms with E-state index in [1.807, 2.05) is 13.8 Å². The number of nitrogens with zero attached hydrogens (tertiary/aromatic N) is 2. The van der Waals surface area contributed by atoms with E-state index in [1.165, 1.54) is 0 Å². The quantitative estimate of drug-likeness (QED) is 0.843. The van der Waals surface area contributed by atoms with Gasteiger partial charge in [0.05, 0.1) is 18.2 Å². The molecule has 0 aliphatic heterocycles. The molecular weight excluding hydrogens is 220 g/mol. The lowest BCUT2D eigenvalue weighted by Gasteiger charge is -2.10. The van der Waals surface area contributed by atoms with Crippen molar-refractivity contribution in [1.29, 1.82) is 0 Å². The van der Waals surface area contributed by atoms with Gasteiger partial charge in [-0.15, -0.1) is 0 Å². The molecule has 5 nitrogen and oxygen atoms in total. The molecule has 0 unspecified atom stereocenters. The molecular formula is C12H16N2O3. The van der Waals surface area contributed by atoms with Crippen LogP contribution in [0.2, 0.25) is 0 Å². The Kier molecular flexibility index (Phi) is 3.26. The van der Waals surface area contributed by atoms with Gasteiger partial charge >= 0.3 is 12.0 Å². The van der Waals surface area contributed by atoms with Crippen LogP contribution in [-0.2, 0) is 11.2 Å². The Morgan fingerprint density at radius 3 is 2.82 bits per heavy atom. The largest absolute Gasteiger partial charge is 0.481 e. The molecule has 92 valence electrons. The van der Waals surface area contributed by atoms with E-state index in [1.54, 1.807) is 6.20 Å². The molecule has 1 aliphatic rings. The van der Waals surface area contributed by atoms with Crippen LogP contribution in [0.4, 0.5) is 0 Å². The molecule has 1 fully saturated rings. The lowest BCUT2D eigenvalue weighted by Crippen LogP contribution is -2.11. The Morgan fingerprint density at radius 2 is 2.29 bits per heavy atom. The highest BCUT2D eigenvalue weighted by Gasteiger charge is 2.29. The Balaban J connectivity index is 2.24. The lowest BCUT2D eigenvalue weighted by atomic mass is 10.1. The Hall–Kier alpha value is -1.65. The van der Waals surface area contributed by atoms with Crippen molar-refractivity contribution >= 4 is 5.97 Å². The molecule has 0 bridgehead atoms. The monoisotopic (exact) mass is 236 g/mol. The molecule has 17 heavy (non-hydrogen) atoms. The van der Waals surface area contributed by atoms with Gasteiger partial charge in [-0.1, -0.05) is 0 Å². The maximum atomic E-state index is 10.7. The van der Waals surface area contributed by atoms with Crippen LogP contribution in [0, 0.1) is 0 Å². The van der Waals surface area contributed by atoms with Crippen LogP contribution in [0.3, 0.4) is 0 Å². The van der Waals surface area contributed by atoms with Crippen molar-refractivity contribution < 1.29 is 14.6 Å². The predicted molar refractivity (Wildman–Crippen MR) is 61.1 cm³/mol. The van der Waals surface area contributed by atoms with Gasteiger partial charge < -0.3 is 9.84 Å². The third-order valence-corrected chi connectivity index (χ3v) is 2.52. The second-order valence-corrected chi connectivity index (χ2v) is 4.57. The molecule has 2 rings (SSSR count). The van der Waals surface area contributed by atoms with E-state index in [2.05, 4.69) is 9.97 Å². The molecule has 0 atom stereocenters. The Labute approximate surface area is 99.9 Å². The minimum Gasteiger partial charge on any atom is -0.481 e. The molecule has 1 aliphatic carbocycles. The van der Waals surface area contributed by atoms with Crippen LogP contribution in [0.5, 0.6) is 6.01 Å². The van der Waals surface area contributed by atoms with E-state index < -0.39 is 5.97 Å². The molecule has 0 amide bonds. The lowest BCUT2D eigenvalue weighted by molar-refractivity contribution is -0.136. The maximum absolute atomic E-state index is 10.7. The first kappa shape index (κ1) is 11.8. The molecule has 0 saturated heterocycles. The third kappa shape index (κ3) is 3.15. The van der Waals surface area contributed by atoms with Gasteiger partial charge in [0.1, 0.15) is 0 Å². The van der Waals surface area contributed by atoms with Crippen molar-refractivity contribution in [2.45, 2.75) is 45.1 Å². The van der Waals surface area contributed by atoms with Gasteiger partial charge in [0.2, 0.25) is 0 Å². The third-order valence-electron chi connectivity index (χ3n) is 2.52. The normalized spacial score (nSPS) is 15.0. The summed E-state index contributed by atoms with van der Waals surface area (Å²) >= 11 is 0. The molecule has 0 spiro atoms. The van der Waals surface area contributed by atoms with Gasteiger partial charge in [0.25, 0.3) is 0 Å². The van der Waals surface area contributed by atoms with Crippen LogP contribution in [-0.4, -0.2) is 27.1 Å². The number of aromatic nitrogens is 2. The molecule has 0 aromatic carbocycles. The summed E-state index contributed by atoms with van der Waals surface area (Å²) in [5, 5.41) is 8.82. The van der Waals surface area contributed by atoms with Gasteiger partial charge in [0.15, 0.2) is 0 Å². The second-order valence-electron chi connectivity index (χ2n) is 4.57.